The summed E-state index contributed by atoms with van der Waals surface area (Å²) in [7, 11) is -3.32. The summed E-state index contributed by atoms with van der Waals surface area (Å²) in [6, 6.07) is 10.6. The molecule has 30 heavy (non-hydrogen) atoms. The van der Waals surface area contributed by atoms with Crippen LogP contribution in [-0.4, -0.2) is 29.0 Å². The van der Waals surface area contributed by atoms with Gasteiger partial charge in [0.1, 0.15) is 11.5 Å². The molecule has 6 nitrogen and oxygen atoms in total. The van der Waals surface area contributed by atoms with Crippen LogP contribution in [0.2, 0.25) is 0 Å². The van der Waals surface area contributed by atoms with Gasteiger partial charge in [-0.3, -0.25) is 4.40 Å². The van der Waals surface area contributed by atoms with Crippen molar-refractivity contribution < 1.29 is 21.6 Å². The zero-order chi connectivity index (χ0) is 21.7. The van der Waals surface area contributed by atoms with E-state index in [1.54, 1.807) is 41.1 Å². The summed E-state index contributed by atoms with van der Waals surface area (Å²) in [5, 5.41) is 0. The number of nitrogens with two attached hydrogens (primary N) is 1. The zero-order valence-electron chi connectivity index (χ0n) is 15.6. The molecule has 0 aliphatic carbocycles. The molecule has 0 saturated carbocycles. The lowest BCUT2D eigenvalue weighted by molar-refractivity contribution is -0.137. The van der Waals surface area contributed by atoms with Gasteiger partial charge in [-0.15, -0.1) is 0 Å². The molecule has 154 valence electrons. The van der Waals surface area contributed by atoms with E-state index >= 15 is 0 Å². The Morgan fingerprint density at radius 1 is 0.933 bits per heavy atom. The summed E-state index contributed by atoms with van der Waals surface area (Å²) in [6.07, 6.45) is 1.05. The van der Waals surface area contributed by atoms with Gasteiger partial charge in [0.05, 0.1) is 22.3 Å². The molecule has 0 bridgehead atoms. The fourth-order valence-electron chi connectivity index (χ4n) is 3.10. The Labute approximate surface area is 169 Å². The van der Waals surface area contributed by atoms with Gasteiger partial charge in [0.25, 0.3) is 0 Å². The highest BCUT2D eigenvalue weighted by Gasteiger charge is 2.34. The van der Waals surface area contributed by atoms with Crippen molar-refractivity contribution in [1.82, 2.24) is 14.4 Å². The monoisotopic (exact) mass is 432 g/mol. The van der Waals surface area contributed by atoms with E-state index in [1.165, 1.54) is 18.3 Å². The average molecular weight is 432 g/mol. The van der Waals surface area contributed by atoms with Crippen LogP contribution in [0.4, 0.5) is 19.0 Å². The predicted molar refractivity (Wildman–Crippen MR) is 106 cm³/mol. The molecule has 0 unspecified atom stereocenters. The second-order valence-corrected chi connectivity index (χ2v) is 8.76. The van der Waals surface area contributed by atoms with Crippen LogP contribution < -0.4 is 5.73 Å². The number of anilines is 1. The van der Waals surface area contributed by atoms with E-state index < -0.39 is 27.4 Å². The number of alkyl halides is 3. The first kappa shape index (κ1) is 19.9. The van der Waals surface area contributed by atoms with Gasteiger partial charge in [-0.2, -0.15) is 13.2 Å². The molecule has 4 rings (SSSR count). The minimum absolute atomic E-state index is 0.188. The lowest BCUT2D eigenvalue weighted by atomic mass is 10.1. The number of imidazole rings is 1. The Bertz CT molecular complexity index is 1360. The first-order valence-corrected chi connectivity index (χ1v) is 10.5. The third kappa shape index (κ3) is 3.61. The smallest absolute Gasteiger partial charge is 0.383 e. The van der Waals surface area contributed by atoms with Crippen molar-refractivity contribution in [1.29, 1.82) is 0 Å². The molecule has 1 aromatic carbocycles. The summed E-state index contributed by atoms with van der Waals surface area (Å²) in [4.78, 5) is 8.17. The van der Waals surface area contributed by atoms with Crippen molar-refractivity contribution in [3.63, 3.8) is 0 Å². The van der Waals surface area contributed by atoms with Crippen LogP contribution in [-0.2, 0) is 16.0 Å². The van der Waals surface area contributed by atoms with Gasteiger partial charge in [0.2, 0.25) is 0 Å². The maximum atomic E-state index is 13.2. The third-order valence-electron chi connectivity index (χ3n) is 4.64. The summed E-state index contributed by atoms with van der Waals surface area (Å²) in [5.74, 6) is -0.582. The van der Waals surface area contributed by atoms with E-state index in [0.717, 1.165) is 12.3 Å². The van der Waals surface area contributed by atoms with Gasteiger partial charge in [-0.05, 0) is 30.3 Å². The first-order valence-electron chi connectivity index (χ1n) is 8.65. The van der Waals surface area contributed by atoms with Crippen LogP contribution >= 0.6 is 0 Å². The minimum atomic E-state index is -4.61. The largest absolute Gasteiger partial charge is 0.419 e. The number of hydrogen-bond donors (Lipinski definition) is 1. The number of nitrogen functional groups attached to an aromatic ring is 1. The standard InChI is InChI=1S/C20H15F3N4O2S/c1-30(28,29)15-5-2-12(3-6-15)17-10-25-18-7-4-13(11-27(17)18)14-8-16(20(21,22)23)19(24)26-9-14/h2-11H,1H3,(H2,24,26). The van der Waals surface area contributed by atoms with E-state index in [2.05, 4.69) is 9.97 Å². The summed E-state index contributed by atoms with van der Waals surface area (Å²) in [6.45, 7) is 0. The van der Waals surface area contributed by atoms with Crippen molar-refractivity contribution in [3.8, 4) is 22.4 Å². The number of pyridine rings is 2. The first-order chi connectivity index (χ1) is 14.0. The van der Waals surface area contributed by atoms with Crippen LogP contribution in [0.1, 0.15) is 5.56 Å². The molecule has 3 aromatic heterocycles. The van der Waals surface area contributed by atoms with Crippen molar-refractivity contribution in [3.05, 3.63) is 66.6 Å². The van der Waals surface area contributed by atoms with Gasteiger partial charge in [-0.25, -0.2) is 18.4 Å². The average Bonchev–Trinajstić information content (AvgIpc) is 3.10. The number of benzene rings is 1. The van der Waals surface area contributed by atoms with Crippen molar-refractivity contribution in [2.24, 2.45) is 0 Å². The van der Waals surface area contributed by atoms with Crippen LogP contribution in [0.15, 0.2) is 66.0 Å². The number of aromatic nitrogens is 3. The second kappa shape index (κ2) is 6.84. The van der Waals surface area contributed by atoms with Crippen molar-refractivity contribution in [2.75, 3.05) is 12.0 Å². The number of rotatable bonds is 3. The fourth-order valence-corrected chi connectivity index (χ4v) is 3.73. The van der Waals surface area contributed by atoms with E-state index in [1.807, 2.05) is 0 Å². The van der Waals surface area contributed by atoms with Gasteiger partial charge < -0.3 is 5.73 Å². The Kier molecular flexibility index (Phi) is 4.53. The molecule has 0 saturated heterocycles. The number of sulfone groups is 1. The summed E-state index contributed by atoms with van der Waals surface area (Å²) >= 11 is 0. The highest BCUT2D eigenvalue weighted by atomic mass is 32.2. The number of nitrogens with zero attached hydrogens (tertiary/aromatic N) is 3. The maximum Gasteiger partial charge on any atom is 0.419 e. The fraction of sp³-hybridized carbons (Fsp3) is 0.100. The Morgan fingerprint density at radius 3 is 2.23 bits per heavy atom. The number of halogens is 3. The number of fused-ring (bicyclic) bond motifs is 1. The second-order valence-electron chi connectivity index (χ2n) is 6.74. The summed E-state index contributed by atoms with van der Waals surface area (Å²) in [5.41, 5.74) is 7.08. The summed E-state index contributed by atoms with van der Waals surface area (Å²) < 4.78 is 64.5. The molecule has 0 fully saturated rings. The normalized spacial score (nSPS) is 12.4. The van der Waals surface area contributed by atoms with E-state index in [0.29, 0.717) is 22.5 Å². The molecule has 4 aromatic rings. The van der Waals surface area contributed by atoms with Crippen molar-refractivity contribution >= 4 is 21.3 Å². The van der Waals surface area contributed by atoms with E-state index in [-0.39, 0.29) is 10.5 Å². The Hall–Kier alpha value is -3.40. The predicted octanol–water partition coefficient (Wildman–Crippen LogP) is 4.07. The van der Waals surface area contributed by atoms with Crippen LogP contribution in [0, 0.1) is 0 Å². The molecule has 3 heterocycles. The highest BCUT2D eigenvalue weighted by Crippen LogP contribution is 2.35. The number of hydrogen-bond acceptors (Lipinski definition) is 5. The molecule has 0 radical (unpaired) electrons. The van der Waals surface area contributed by atoms with Crippen molar-refractivity contribution in [2.45, 2.75) is 11.1 Å². The molecule has 0 aliphatic rings. The molecule has 0 amide bonds. The quantitative estimate of drug-likeness (QED) is 0.527. The minimum Gasteiger partial charge on any atom is -0.383 e. The molecular weight excluding hydrogens is 417 g/mol. The van der Waals surface area contributed by atoms with E-state index in [9.17, 15) is 21.6 Å². The maximum absolute atomic E-state index is 13.2. The lowest BCUT2D eigenvalue weighted by Gasteiger charge is -2.11. The molecule has 0 atom stereocenters. The lowest BCUT2D eigenvalue weighted by Crippen LogP contribution is -2.10. The Morgan fingerprint density at radius 2 is 1.60 bits per heavy atom. The molecular formula is C20H15F3N4O2S. The highest BCUT2D eigenvalue weighted by molar-refractivity contribution is 7.90. The molecule has 2 N–H and O–H groups in total. The SMILES string of the molecule is CS(=O)(=O)c1ccc(-c2cnc3ccc(-c4cnc(N)c(C(F)(F)F)c4)cn23)cc1. The third-order valence-corrected chi connectivity index (χ3v) is 5.77. The molecule has 0 spiro atoms. The van der Waals surface area contributed by atoms with Gasteiger partial charge >= 0.3 is 6.18 Å². The van der Waals surface area contributed by atoms with Crippen LogP contribution in [0.25, 0.3) is 28.0 Å². The van der Waals surface area contributed by atoms with Crippen LogP contribution in [0.5, 0.6) is 0 Å². The van der Waals surface area contributed by atoms with Gasteiger partial charge in [-0.1, -0.05) is 12.1 Å². The molecule has 10 heteroatoms. The topological polar surface area (TPSA) is 90.3 Å². The zero-order valence-corrected chi connectivity index (χ0v) is 16.4. The molecule has 0 aliphatic heterocycles. The van der Waals surface area contributed by atoms with Gasteiger partial charge in [0, 0.05) is 35.3 Å². The van der Waals surface area contributed by atoms with E-state index in [4.69, 9.17) is 5.73 Å². The Balaban J connectivity index is 1.81. The van der Waals surface area contributed by atoms with Crippen LogP contribution in [0.3, 0.4) is 0 Å². The van der Waals surface area contributed by atoms with Gasteiger partial charge in [0.15, 0.2) is 9.84 Å².